The van der Waals surface area contributed by atoms with Crippen LogP contribution in [0.2, 0.25) is 0 Å². The van der Waals surface area contributed by atoms with Crippen molar-refractivity contribution in [2.24, 2.45) is 5.92 Å². The smallest absolute Gasteiger partial charge is 0.137 e. The molecule has 1 atom stereocenters. The number of nitrogens with one attached hydrogen (secondary N) is 1. The van der Waals surface area contributed by atoms with Crippen LogP contribution in [0.4, 0.5) is 5.69 Å². The minimum absolute atomic E-state index is 0.0520. The molecule has 0 aromatic heterocycles. The van der Waals surface area contributed by atoms with E-state index in [9.17, 15) is 4.79 Å². The van der Waals surface area contributed by atoms with Crippen LogP contribution in [0.15, 0.2) is 24.3 Å². The number of hydrogen-bond acceptors (Lipinski definition) is 3. The summed E-state index contributed by atoms with van der Waals surface area (Å²) in [6, 6.07) is 7.70. The maximum absolute atomic E-state index is 11.4. The summed E-state index contributed by atoms with van der Waals surface area (Å²) in [7, 11) is 1.64. The van der Waals surface area contributed by atoms with Gasteiger partial charge >= 0.3 is 0 Å². The van der Waals surface area contributed by atoms with Crippen LogP contribution in [-0.2, 0) is 4.79 Å². The maximum atomic E-state index is 11.4. The lowest BCUT2D eigenvalue weighted by Gasteiger charge is -2.12. The minimum Gasteiger partial charge on any atom is -0.497 e. The first-order valence-electron chi connectivity index (χ1n) is 5.58. The Morgan fingerprint density at radius 1 is 1.50 bits per heavy atom. The summed E-state index contributed by atoms with van der Waals surface area (Å²) in [4.78, 5) is 11.4. The van der Waals surface area contributed by atoms with E-state index < -0.39 is 0 Å². The molecule has 3 heteroatoms. The molecule has 0 aliphatic rings. The van der Waals surface area contributed by atoms with Crippen molar-refractivity contribution in [1.82, 2.24) is 0 Å². The van der Waals surface area contributed by atoms with E-state index in [1.807, 2.05) is 38.1 Å². The largest absolute Gasteiger partial charge is 0.497 e. The van der Waals surface area contributed by atoms with Crippen molar-refractivity contribution in [2.45, 2.75) is 20.3 Å². The predicted molar refractivity (Wildman–Crippen MR) is 65.9 cm³/mol. The number of benzene rings is 1. The molecule has 0 spiro atoms. The lowest BCUT2D eigenvalue weighted by molar-refractivity contribution is -0.121. The van der Waals surface area contributed by atoms with Crippen LogP contribution < -0.4 is 10.1 Å². The summed E-state index contributed by atoms with van der Waals surface area (Å²) in [5.74, 6) is 1.16. The van der Waals surface area contributed by atoms with Gasteiger partial charge in [0.1, 0.15) is 11.5 Å². The third-order valence-corrected chi connectivity index (χ3v) is 2.58. The average molecular weight is 221 g/mol. The average Bonchev–Trinajstić information content (AvgIpc) is 2.35. The summed E-state index contributed by atoms with van der Waals surface area (Å²) in [5, 5.41) is 3.23. The molecule has 1 aromatic carbocycles. The Kier molecular flexibility index (Phi) is 4.83. The van der Waals surface area contributed by atoms with Crippen LogP contribution >= 0.6 is 0 Å². The molecule has 0 amide bonds. The van der Waals surface area contributed by atoms with Crippen molar-refractivity contribution in [1.29, 1.82) is 0 Å². The number of ether oxygens (including phenoxy) is 1. The van der Waals surface area contributed by atoms with Crippen molar-refractivity contribution >= 4 is 11.5 Å². The Hall–Kier alpha value is -1.51. The van der Waals surface area contributed by atoms with Crippen LogP contribution in [0.5, 0.6) is 5.75 Å². The quantitative estimate of drug-likeness (QED) is 0.802. The monoisotopic (exact) mass is 221 g/mol. The molecule has 3 nitrogen and oxygen atoms in total. The van der Waals surface area contributed by atoms with Gasteiger partial charge in [-0.3, -0.25) is 4.79 Å². The highest BCUT2D eigenvalue weighted by molar-refractivity contribution is 5.80. The first-order valence-corrected chi connectivity index (χ1v) is 5.58. The molecule has 0 radical (unpaired) electrons. The second-order valence-corrected chi connectivity index (χ2v) is 3.83. The second kappa shape index (κ2) is 6.16. The number of Topliss-reactive ketones (excluding diaryl/α,β-unsaturated/α-hetero) is 1. The van der Waals surface area contributed by atoms with Gasteiger partial charge in [0.2, 0.25) is 0 Å². The zero-order chi connectivity index (χ0) is 12.0. The summed E-state index contributed by atoms with van der Waals surface area (Å²) < 4.78 is 5.12. The van der Waals surface area contributed by atoms with Gasteiger partial charge in [-0.2, -0.15) is 0 Å². The van der Waals surface area contributed by atoms with Crippen LogP contribution in [0.25, 0.3) is 0 Å². The summed E-state index contributed by atoms with van der Waals surface area (Å²) in [6.07, 6.45) is 0.598. The summed E-state index contributed by atoms with van der Waals surface area (Å²) in [5.41, 5.74) is 0.982. The fourth-order valence-electron chi connectivity index (χ4n) is 1.47. The topological polar surface area (TPSA) is 38.3 Å². The van der Waals surface area contributed by atoms with Crippen molar-refractivity contribution < 1.29 is 9.53 Å². The first kappa shape index (κ1) is 12.6. The molecule has 0 aliphatic carbocycles. The van der Waals surface area contributed by atoms with Crippen molar-refractivity contribution in [3.8, 4) is 5.75 Å². The Labute approximate surface area is 96.8 Å². The van der Waals surface area contributed by atoms with Gasteiger partial charge in [-0.25, -0.2) is 0 Å². The van der Waals surface area contributed by atoms with E-state index in [2.05, 4.69) is 5.32 Å². The van der Waals surface area contributed by atoms with Gasteiger partial charge in [-0.15, -0.1) is 0 Å². The van der Waals surface area contributed by atoms with Gasteiger partial charge in [0.25, 0.3) is 0 Å². The van der Waals surface area contributed by atoms with Crippen LogP contribution in [0, 0.1) is 5.92 Å². The second-order valence-electron chi connectivity index (χ2n) is 3.83. The van der Waals surface area contributed by atoms with Crippen molar-refractivity contribution in [3.63, 3.8) is 0 Å². The maximum Gasteiger partial charge on any atom is 0.137 e. The van der Waals surface area contributed by atoms with E-state index in [0.717, 1.165) is 11.4 Å². The third kappa shape index (κ3) is 3.57. The minimum atomic E-state index is 0.0520. The zero-order valence-electron chi connectivity index (χ0n) is 10.1. The molecule has 1 rings (SSSR count). The highest BCUT2D eigenvalue weighted by Crippen LogP contribution is 2.17. The summed E-state index contributed by atoms with van der Waals surface area (Å²) >= 11 is 0. The molecule has 1 unspecified atom stereocenters. The van der Waals surface area contributed by atoms with Gasteiger partial charge in [0.15, 0.2) is 0 Å². The van der Waals surface area contributed by atoms with Gasteiger partial charge in [-0.1, -0.05) is 19.9 Å². The fourth-order valence-corrected chi connectivity index (χ4v) is 1.47. The lowest BCUT2D eigenvalue weighted by Crippen LogP contribution is -2.19. The highest BCUT2D eigenvalue weighted by Gasteiger charge is 2.09. The predicted octanol–water partition coefficient (Wildman–Crippen LogP) is 2.72. The molecule has 1 aromatic rings. The van der Waals surface area contributed by atoms with E-state index >= 15 is 0 Å². The summed E-state index contributed by atoms with van der Waals surface area (Å²) in [6.45, 7) is 4.50. The van der Waals surface area contributed by atoms with Gasteiger partial charge in [0, 0.05) is 30.6 Å². The molecule has 88 valence electrons. The molecular formula is C13H19NO2. The number of rotatable bonds is 6. The van der Waals surface area contributed by atoms with E-state index in [4.69, 9.17) is 4.74 Å². The molecule has 0 fully saturated rings. The van der Waals surface area contributed by atoms with Crippen molar-refractivity contribution in [3.05, 3.63) is 24.3 Å². The first-order chi connectivity index (χ1) is 7.67. The number of hydrogen-bond donors (Lipinski definition) is 1. The van der Waals surface area contributed by atoms with Gasteiger partial charge in [0.05, 0.1) is 7.11 Å². The Morgan fingerprint density at radius 2 is 2.25 bits per heavy atom. The SMILES string of the molecule is CCC(=O)C(C)CNc1cccc(OC)c1. The molecule has 0 aliphatic heterocycles. The normalized spacial score (nSPS) is 11.9. The van der Waals surface area contributed by atoms with E-state index in [1.165, 1.54) is 0 Å². The highest BCUT2D eigenvalue weighted by atomic mass is 16.5. The number of methoxy groups -OCH3 is 1. The molecule has 0 bridgehead atoms. The van der Waals surface area contributed by atoms with Crippen LogP contribution in [-0.4, -0.2) is 19.4 Å². The number of ketones is 1. The van der Waals surface area contributed by atoms with Crippen LogP contribution in [0.3, 0.4) is 0 Å². The zero-order valence-corrected chi connectivity index (χ0v) is 10.1. The van der Waals surface area contributed by atoms with Crippen molar-refractivity contribution in [2.75, 3.05) is 19.0 Å². The standard InChI is InChI=1S/C13H19NO2/c1-4-13(15)10(2)9-14-11-6-5-7-12(8-11)16-3/h5-8,10,14H,4,9H2,1-3H3. The van der Waals surface area contributed by atoms with Crippen LogP contribution in [0.1, 0.15) is 20.3 Å². The third-order valence-electron chi connectivity index (χ3n) is 2.58. The molecule has 16 heavy (non-hydrogen) atoms. The fraction of sp³-hybridized carbons (Fsp3) is 0.462. The Morgan fingerprint density at radius 3 is 2.88 bits per heavy atom. The van der Waals surface area contributed by atoms with E-state index in [-0.39, 0.29) is 11.7 Å². The molecule has 0 heterocycles. The Bertz CT molecular complexity index is 350. The van der Waals surface area contributed by atoms with E-state index in [1.54, 1.807) is 7.11 Å². The van der Waals surface area contributed by atoms with Gasteiger partial charge < -0.3 is 10.1 Å². The number of carbonyl (C=O) groups excluding carboxylic acids is 1. The molecule has 0 saturated carbocycles. The number of carbonyl (C=O) groups is 1. The Balaban J connectivity index is 2.51. The van der Waals surface area contributed by atoms with Gasteiger partial charge in [-0.05, 0) is 12.1 Å². The molecule has 0 saturated heterocycles. The molecular weight excluding hydrogens is 202 g/mol. The number of anilines is 1. The molecule has 1 N–H and O–H groups in total. The van der Waals surface area contributed by atoms with E-state index in [0.29, 0.717) is 13.0 Å². The lowest BCUT2D eigenvalue weighted by atomic mass is 10.0.